The smallest absolute Gasteiger partial charge is 0.227 e. The highest BCUT2D eigenvalue weighted by atomic mass is 16.3. The van der Waals surface area contributed by atoms with E-state index in [1.54, 1.807) is 13.2 Å². The Morgan fingerprint density at radius 1 is 0.964 bits per heavy atom. The minimum Gasteiger partial charge on any atom is -0.437 e. The van der Waals surface area contributed by atoms with E-state index in [4.69, 9.17) is 4.42 Å². The Morgan fingerprint density at radius 2 is 1.79 bits per heavy atom. The van der Waals surface area contributed by atoms with Crippen molar-refractivity contribution < 1.29 is 4.42 Å². The maximum atomic E-state index is 6.13. The van der Waals surface area contributed by atoms with E-state index in [-0.39, 0.29) is 0 Å². The van der Waals surface area contributed by atoms with Crippen molar-refractivity contribution in [2.45, 2.75) is 13.8 Å². The van der Waals surface area contributed by atoms with Crippen LogP contribution in [0.15, 0.2) is 82.4 Å². The summed E-state index contributed by atoms with van der Waals surface area (Å²) in [5.74, 6) is 0. The summed E-state index contributed by atoms with van der Waals surface area (Å²) in [6.45, 7) is 4.23. The maximum Gasteiger partial charge on any atom is 0.227 e. The number of furan rings is 1. The molecular formula is C25H22N2O. The Hall–Kier alpha value is -3.46. The van der Waals surface area contributed by atoms with E-state index >= 15 is 0 Å². The van der Waals surface area contributed by atoms with Gasteiger partial charge in [0.1, 0.15) is 5.58 Å². The maximum absolute atomic E-state index is 6.13. The molecule has 0 fully saturated rings. The van der Waals surface area contributed by atoms with Gasteiger partial charge >= 0.3 is 0 Å². The topological polar surface area (TPSA) is 38.4 Å². The van der Waals surface area contributed by atoms with Crippen LogP contribution >= 0.6 is 0 Å². The number of aliphatic imine (C=N–C) groups is 1. The Balaban J connectivity index is 1.86. The molecule has 28 heavy (non-hydrogen) atoms. The first kappa shape index (κ1) is 17.9. The SMILES string of the molecule is C/N=C/C(=C\C=C(/C)c1c(C)ccc2c1oc1ncccc12)c1ccccc1. The van der Waals surface area contributed by atoms with E-state index < -0.39 is 0 Å². The number of hydrogen-bond acceptors (Lipinski definition) is 3. The first-order chi connectivity index (χ1) is 13.7. The summed E-state index contributed by atoms with van der Waals surface area (Å²) >= 11 is 0. The molecule has 3 heteroatoms. The summed E-state index contributed by atoms with van der Waals surface area (Å²) in [6, 6.07) is 18.5. The van der Waals surface area contributed by atoms with Crippen LogP contribution < -0.4 is 0 Å². The molecule has 4 rings (SSSR count). The molecular weight excluding hydrogens is 344 g/mol. The zero-order valence-electron chi connectivity index (χ0n) is 16.3. The Labute approximate surface area is 164 Å². The van der Waals surface area contributed by atoms with E-state index in [1.165, 1.54) is 5.56 Å². The van der Waals surface area contributed by atoms with Crippen molar-refractivity contribution in [1.29, 1.82) is 0 Å². The van der Waals surface area contributed by atoms with Crippen LogP contribution in [-0.4, -0.2) is 18.2 Å². The molecule has 4 aromatic rings. The molecule has 0 atom stereocenters. The molecule has 0 spiro atoms. The molecule has 0 saturated carbocycles. The summed E-state index contributed by atoms with van der Waals surface area (Å²) in [6.07, 6.45) is 7.89. The van der Waals surface area contributed by atoms with Crippen LogP contribution in [0.2, 0.25) is 0 Å². The Bertz CT molecular complexity index is 1230. The van der Waals surface area contributed by atoms with Crippen molar-refractivity contribution in [2.24, 2.45) is 4.99 Å². The van der Waals surface area contributed by atoms with E-state index in [1.807, 2.05) is 30.5 Å². The molecule has 0 amide bonds. The number of rotatable bonds is 4. The lowest BCUT2D eigenvalue weighted by Gasteiger charge is -2.07. The lowest BCUT2D eigenvalue weighted by Crippen LogP contribution is -1.88. The van der Waals surface area contributed by atoms with Gasteiger partial charge in [-0.3, -0.25) is 4.99 Å². The van der Waals surface area contributed by atoms with E-state index in [0.29, 0.717) is 5.71 Å². The fourth-order valence-corrected chi connectivity index (χ4v) is 3.54. The second kappa shape index (κ2) is 7.65. The number of hydrogen-bond donors (Lipinski definition) is 0. The van der Waals surface area contributed by atoms with E-state index in [0.717, 1.165) is 38.6 Å². The van der Waals surface area contributed by atoms with Crippen LogP contribution in [0.5, 0.6) is 0 Å². The third-order valence-corrected chi connectivity index (χ3v) is 4.91. The Kier molecular flexibility index (Phi) is 4.90. The molecule has 0 aliphatic carbocycles. The number of benzene rings is 2. The van der Waals surface area contributed by atoms with Crippen LogP contribution in [0.3, 0.4) is 0 Å². The van der Waals surface area contributed by atoms with Gasteiger partial charge in [-0.15, -0.1) is 0 Å². The zero-order chi connectivity index (χ0) is 19.5. The van der Waals surface area contributed by atoms with Crippen molar-refractivity contribution in [3.63, 3.8) is 0 Å². The van der Waals surface area contributed by atoms with Gasteiger partial charge in [0, 0.05) is 35.8 Å². The van der Waals surface area contributed by atoms with Crippen LogP contribution in [0.4, 0.5) is 0 Å². The van der Waals surface area contributed by atoms with Crippen molar-refractivity contribution in [3.05, 3.63) is 89.6 Å². The summed E-state index contributed by atoms with van der Waals surface area (Å²) in [4.78, 5) is 8.58. The zero-order valence-corrected chi connectivity index (χ0v) is 16.3. The minimum absolute atomic E-state index is 0.677. The predicted octanol–water partition coefficient (Wildman–Crippen LogP) is 6.48. The third kappa shape index (κ3) is 3.27. The van der Waals surface area contributed by atoms with Crippen molar-refractivity contribution in [1.82, 2.24) is 4.98 Å². The first-order valence-electron chi connectivity index (χ1n) is 9.32. The highest BCUT2D eigenvalue weighted by Crippen LogP contribution is 2.34. The molecule has 0 radical (unpaired) electrons. The van der Waals surface area contributed by atoms with Gasteiger partial charge in [0.25, 0.3) is 0 Å². The van der Waals surface area contributed by atoms with Gasteiger partial charge in [-0.05, 0) is 48.3 Å². The third-order valence-electron chi connectivity index (χ3n) is 4.91. The second-order valence-corrected chi connectivity index (χ2v) is 6.82. The molecule has 0 N–H and O–H groups in total. The molecule has 2 heterocycles. The van der Waals surface area contributed by atoms with Crippen LogP contribution in [0, 0.1) is 6.92 Å². The monoisotopic (exact) mass is 366 g/mol. The summed E-state index contributed by atoms with van der Waals surface area (Å²) < 4.78 is 6.13. The number of fused-ring (bicyclic) bond motifs is 3. The molecule has 2 aromatic carbocycles. The number of nitrogens with zero attached hydrogens (tertiary/aromatic N) is 2. The lowest BCUT2D eigenvalue weighted by molar-refractivity contribution is 0.652. The fraction of sp³-hybridized carbons (Fsp3) is 0.120. The van der Waals surface area contributed by atoms with Crippen molar-refractivity contribution in [2.75, 3.05) is 7.05 Å². The van der Waals surface area contributed by atoms with E-state index in [9.17, 15) is 0 Å². The second-order valence-electron chi connectivity index (χ2n) is 6.82. The minimum atomic E-state index is 0.677. The lowest BCUT2D eigenvalue weighted by atomic mass is 9.97. The van der Waals surface area contributed by atoms with Crippen LogP contribution in [0.25, 0.3) is 33.2 Å². The number of pyridine rings is 1. The summed E-state index contributed by atoms with van der Waals surface area (Å²) in [7, 11) is 1.79. The van der Waals surface area contributed by atoms with Gasteiger partial charge in [0.15, 0.2) is 0 Å². The highest BCUT2D eigenvalue weighted by Gasteiger charge is 2.14. The average molecular weight is 366 g/mol. The van der Waals surface area contributed by atoms with E-state index in [2.05, 4.69) is 66.3 Å². The highest BCUT2D eigenvalue weighted by molar-refractivity contribution is 6.11. The van der Waals surface area contributed by atoms with Gasteiger partial charge in [0.05, 0.1) is 0 Å². The quantitative estimate of drug-likeness (QED) is 0.306. The largest absolute Gasteiger partial charge is 0.437 e. The molecule has 0 saturated heterocycles. The predicted molar refractivity (Wildman–Crippen MR) is 119 cm³/mol. The first-order valence-corrected chi connectivity index (χ1v) is 9.32. The van der Waals surface area contributed by atoms with Crippen molar-refractivity contribution in [3.8, 4) is 0 Å². The van der Waals surface area contributed by atoms with Gasteiger partial charge in [-0.25, -0.2) is 4.98 Å². The summed E-state index contributed by atoms with van der Waals surface area (Å²) in [5.41, 5.74) is 7.21. The number of aromatic nitrogens is 1. The van der Waals surface area contributed by atoms with Gasteiger partial charge in [0.2, 0.25) is 5.71 Å². The van der Waals surface area contributed by atoms with Crippen molar-refractivity contribution >= 4 is 39.4 Å². The molecule has 138 valence electrons. The normalized spacial score (nSPS) is 13.1. The molecule has 0 bridgehead atoms. The standard InChI is InChI=1S/C25H22N2O/c1-17(11-13-20(16-26-3)19-8-5-4-6-9-19)23-18(2)12-14-21-22-10-7-15-27-25(22)28-24(21)23/h4-16H,1-3H3/b17-11+,20-13+,26-16+. The van der Waals surface area contributed by atoms with Gasteiger partial charge in [-0.1, -0.05) is 54.6 Å². The fourth-order valence-electron chi connectivity index (χ4n) is 3.54. The number of aryl methyl sites for hydroxylation is 1. The van der Waals surface area contributed by atoms with Gasteiger partial charge in [-0.2, -0.15) is 0 Å². The van der Waals surface area contributed by atoms with Gasteiger partial charge < -0.3 is 4.42 Å². The molecule has 0 unspecified atom stereocenters. The van der Waals surface area contributed by atoms with Crippen LogP contribution in [0.1, 0.15) is 23.6 Å². The Morgan fingerprint density at radius 3 is 2.57 bits per heavy atom. The molecule has 0 aliphatic heterocycles. The molecule has 2 aromatic heterocycles. The molecule has 3 nitrogen and oxygen atoms in total. The summed E-state index contributed by atoms with van der Waals surface area (Å²) in [5, 5.41) is 2.14. The number of allylic oxidation sites excluding steroid dienone is 4. The van der Waals surface area contributed by atoms with Crippen LogP contribution in [-0.2, 0) is 0 Å². The molecule has 0 aliphatic rings. The average Bonchev–Trinajstić information content (AvgIpc) is 3.09.